The quantitative estimate of drug-likeness (QED) is 0.685. The molecule has 0 spiro atoms. The van der Waals surface area contributed by atoms with Gasteiger partial charge >= 0.3 is 6.18 Å². The van der Waals surface area contributed by atoms with Crippen LogP contribution in [-0.2, 0) is 23.8 Å². The molecule has 0 saturated heterocycles. The Morgan fingerprint density at radius 3 is 2.67 bits per heavy atom. The van der Waals surface area contributed by atoms with Gasteiger partial charge in [0.1, 0.15) is 5.56 Å². The van der Waals surface area contributed by atoms with Gasteiger partial charge < -0.3 is 5.32 Å². The summed E-state index contributed by atoms with van der Waals surface area (Å²) >= 11 is 0. The van der Waals surface area contributed by atoms with Crippen LogP contribution >= 0.6 is 0 Å². The lowest BCUT2D eigenvalue weighted by atomic mass is 10.0. The highest BCUT2D eigenvalue weighted by molar-refractivity contribution is 5.99. The van der Waals surface area contributed by atoms with E-state index in [1.807, 2.05) is 0 Å². The molecule has 9 heteroatoms. The molecule has 0 unspecified atom stereocenters. The van der Waals surface area contributed by atoms with E-state index in [0.29, 0.717) is 16.8 Å². The van der Waals surface area contributed by atoms with Crippen molar-refractivity contribution in [3.8, 4) is 0 Å². The minimum Gasteiger partial charge on any atom is -0.326 e. The van der Waals surface area contributed by atoms with Gasteiger partial charge in [0.05, 0.1) is 17.6 Å². The molecule has 0 radical (unpaired) electrons. The first-order chi connectivity index (χ1) is 12.7. The summed E-state index contributed by atoms with van der Waals surface area (Å²) in [6, 6.07) is 6.87. The molecule has 140 valence electrons. The second kappa shape index (κ2) is 6.04. The molecule has 3 aromatic rings. The van der Waals surface area contributed by atoms with Crippen LogP contribution in [0.15, 0.2) is 36.5 Å². The molecule has 3 heterocycles. The molecule has 0 aliphatic carbocycles. The molecule has 2 aromatic heterocycles. The average molecular weight is 381 g/mol. The predicted octanol–water partition coefficient (Wildman–Crippen LogP) is 4.38. The van der Waals surface area contributed by atoms with Crippen LogP contribution in [0, 0.1) is 0 Å². The number of hydrogen-bond acceptors (Lipinski definition) is 2. The Balaban J connectivity index is 1.79. The minimum absolute atomic E-state index is 0.137. The van der Waals surface area contributed by atoms with Crippen molar-refractivity contribution in [1.82, 2.24) is 9.61 Å². The molecule has 0 bridgehead atoms. The number of halogens is 5. The van der Waals surface area contributed by atoms with Crippen molar-refractivity contribution in [3.05, 3.63) is 64.5 Å². The Morgan fingerprint density at radius 2 is 1.96 bits per heavy atom. The Bertz CT molecular complexity index is 1060. The van der Waals surface area contributed by atoms with Gasteiger partial charge in [0.15, 0.2) is 0 Å². The highest BCUT2D eigenvalue weighted by atomic mass is 19.4. The first-order valence-electron chi connectivity index (χ1n) is 8.00. The number of carbonyl (C=O) groups is 1. The molecule has 27 heavy (non-hydrogen) atoms. The van der Waals surface area contributed by atoms with Crippen molar-refractivity contribution in [2.24, 2.45) is 0 Å². The molecule has 1 aliphatic heterocycles. The van der Waals surface area contributed by atoms with Gasteiger partial charge in [-0.2, -0.15) is 18.3 Å². The first kappa shape index (κ1) is 17.4. The van der Waals surface area contributed by atoms with E-state index in [4.69, 9.17) is 0 Å². The number of alkyl halides is 5. The van der Waals surface area contributed by atoms with Gasteiger partial charge in [-0.1, -0.05) is 12.1 Å². The maximum Gasteiger partial charge on any atom is 0.420 e. The number of aromatic nitrogens is 2. The van der Waals surface area contributed by atoms with Crippen molar-refractivity contribution in [1.29, 1.82) is 0 Å². The maximum atomic E-state index is 13.6. The van der Waals surface area contributed by atoms with Crippen LogP contribution in [0.25, 0.3) is 5.52 Å². The number of fused-ring (bicyclic) bond motifs is 2. The zero-order chi connectivity index (χ0) is 19.3. The third-order valence-electron chi connectivity index (χ3n) is 4.43. The summed E-state index contributed by atoms with van der Waals surface area (Å²) in [5, 5.41) is 6.56. The maximum absolute atomic E-state index is 13.6. The number of hydrogen-bond donors (Lipinski definition) is 1. The van der Waals surface area contributed by atoms with Crippen LogP contribution in [0.1, 0.15) is 34.4 Å². The Morgan fingerprint density at radius 1 is 1.19 bits per heavy atom. The van der Waals surface area contributed by atoms with Crippen molar-refractivity contribution >= 4 is 17.1 Å². The van der Waals surface area contributed by atoms with E-state index in [9.17, 15) is 26.7 Å². The fraction of sp³-hybridized carbons (Fsp3) is 0.222. The summed E-state index contributed by atoms with van der Waals surface area (Å²) in [7, 11) is 0. The van der Waals surface area contributed by atoms with Crippen LogP contribution in [-0.4, -0.2) is 15.5 Å². The number of benzene rings is 1. The normalized spacial score (nSPS) is 14.1. The molecule has 4 nitrogen and oxygen atoms in total. The lowest BCUT2D eigenvalue weighted by Gasteiger charge is -2.08. The summed E-state index contributed by atoms with van der Waals surface area (Å²) in [5.41, 5.74) is -0.00381. The third-order valence-corrected chi connectivity index (χ3v) is 4.43. The Kier molecular flexibility index (Phi) is 3.90. The summed E-state index contributed by atoms with van der Waals surface area (Å²) in [6.07, 6.45) is -6.56. The summed E-state index contributed by atoms with van der Waals surface area (Å²) < 4.78 is 67.3. The van der Waals surface area contributed by atoms with Crippen LogP contribution in [0.4, 0.5) is 27.6 Å². The molecule has 1 aliphatic rings. The Hall–Kier alpha value is -2.97. The number of nitrogens with one attached hydrogen (secondary N) is 1. The molecule has 0 fully saturated rings. The molecule has 0 saturated carbocycles. The van der Waals surface area contributed by atoms with Crippen molar-refractivity contribution in [2.45, 2.75) is 25.4 Å². The monoisotopic (exact) mass is 381 g/mol. The van der Waals surface area contributed by atoms with E-state index in [-0.39, 0.29) is 30.0 Å². The van der Waals surface area contributed by atoms with Crippen LogP contribution < -0.4 is 5.32 Å². The topological polar surface area (TPSA) is 46.4 Å². The van der Waals surface area contributed by atoms with Crippen LogP contribution in [0.5, 0.6) is 0 Å². The number of pyridine rings is 1. The molecule has 1 amide bonds. The van der Waals surface area contributed by atoms with Gasteiger partial charge in [0.25, 0.3) is 6.43 Å². The smallest absolute Gasteiger partial charge is 0.326 e. The summed E-state index contributed by atoms with van der Waals surface area (Å²) in [5.74, 6) is -0.176. The summed E-state index contributed by atoms with van der Waals surface area (Å²) in [6.45, 7) is 0. The van der Waals surface area contributed by atoms with Crippen LogP contribution in [0.3, 0.4) is 0 Å². The SMILES string of the molecule is O=C1Cc2cc(Cc3nn4cc(C(F)F)ccc4c3C(F)(F)F)ccc2N1. The van der Waals surface area contributed by atoms with E-state index < -0.39 is 23.7 Å². The van der Waals surface area contributed by atoms with E-state index in [1.165, 1.54) is 0 Å². The van der Waals surface area contributed by atoms with E-state index in [0.717, 1.165) is 22.8 Å². The van der Waals surface area contributed by atoms with Crippen LogP contribution in [0.2, 0.25) is 0 Å². The highest BCUT2D eigenvalue weighted by Crippen LogP contribution is 2.37. The average Bonchev–Trinajstić information content (AvgIpc) is 3.11. The second-order valence-corrected chi connectivity index (χ2v) is 6.31. The van der Waals surface area contributed by atoms with Gasteiger partial charge in [-0.05, 0) is 29.3 Å². The number of carbonyl (C=O) groups excluding carboxylic acids is 1. The first-order valence-corrected chi connectivity index (χ1v) is 8.00. The second-order valence-electron chi connectivity index (χ2n) is 6.31. The van der Waals surface area contributed by atoms with E-state index >= 15 is 0 Å². The fourth-order valence-corrected chi connectivity index (χ4v) is 3.26. The minimum atomic E-state index is -4.68. The van der Waals surface area contributed by atoms with Gasteiger partial charge in [-0.25, -0.2) is 13.3 Å². The fourth-order valence-electron chi connectivity index (χ4n) is 3.26. The van der Waals surface area contributed by atoms with E-state index in [2.05, 4.69) is 10.4 Å². The third kappa shape index (κ3) is 3.13. The van der Waals surface area contributed by atoms with Gasteiger partial charge in [0.2, 0.25) is 5.91 Å². The zero-order valence-electron chi connectivity index (χ0n) is 13.6. The van der Waals surface area contributed by atoms with Crippen molar-refractivity contribution in [3.63, 3.8) is 0 Å². The van der Waals surface area contributed by atoms with Crippen molar-refractivity contribution < 1.29 is 26.7 Å². The Labute approximate surface area is 149 Å². The zero-order valence-corrected chi connectivity index (χ0v) is 13.6. The molecular formula is C18H12F5N3O. The summed E-state index contributed by atoms with van der Waals surface area (Å²) in [4.78, 5) is 11.4. The molecule has 4 rings (SSSR count). The lowest BCUT2D eigenvalue weighted by Crippen LogP contribution is -2.08. The molecule has 1 N–H and O–H groups in total. The number of anilines is 1. The number of amides is 1. The van der Waals surface area contributed by atoms with E-state index in [1.54, 1.807) is 18.2 Å². The lowest BCUT2D eigenvalue weighted by molar-refractivity contribution is -0.136. The molecule has 1 aromatic carbocycles. The van der Waals surface area contributed by atoms with Gasteiger partial charge in [0, 0.05) is 23.9 Å². The number of rotatable bonds is 3. The van der Waals surface area contributed by atoms with Gasteiger partial charge in [-0.3, -0.25) is 4.79 Å². The predicted molar refractivity (Wildman–Crippen MR) is 86.7 cm³/mol. The highest BCUT2D eigenvalue weighted by Gasteiger charge is 2.38. The largest absolute Gasteiger partial charge is 0.420 e. The number of nitrogens with zero attached hydrogens (tertiary/aromatic N) is 2. The van der Waals surface area contributed by atoms with Gasteiger partial charge in [-0.15, -0.1) is 0 Å². The standard InChI is InChI=1S/C18H12F5N3O/c19-17(20)10-2-4-14-16(18(21,22)23)13(25-26(14)8-10)6-9-1-3-12-11(5-9)7-15(27)24-12/h1-5,8,17H,6-7H2,(H,24,27). The molecule has 0 atom stereocenters. The molecular weight excluding hydrogens is 369 g/mol. The van der Waals surface area contributed by atoms with Crippen molar-refractivity contribution in [2.75, 3.05) is 5.32 Å².